The van der Waals surface area contributed by atoms with Gasteiger partial charge in [-0.3, -0.25) is 0 Å². The fraction of sp³-hybridized carbons (Fsp3) is 0.267. The van der Waals surface area contributed by atoms with Gasteiger partial charge in [0.25, 0.3) is 0 Å². The minimum absolute atomic E-state index is 0.266. The monoisotopic (exact) mass is 301 g/mol. The van der Waals surface area contributed by atoms with E-state index in [9.17, 15) is 13.7 Å². The molecule has 1 aliphatic rings. The van der Waals surface area contributed by atoms with Crippen LogP contribution in [0.4, 0.5) is 0 Å². The van der Waals surface area contributed by atoms with E-state index in [4.69, 9.17) is 0 Å². The van der Waals surface area contributed by atoms with Crippen LogP contribution in [0.3, 0.4) is 0 Å². The Morgan fingerprint density at radius 3 is 2.76 bits per heavy atom. The van der Waals surface area contributed by atoms with Gasteiger partial charge in [-0.15, -0.1) is 0 Å². The maximum Gasteiger partial charge on any atom is 0.244 e. The molecule has 0 saturated carbocycles. The lowest BCUT2D eigenvalue weighted by molar-refractivity contribution is 0.312. The maximum absolute atomic E-state index is 12.9. The van der Waals surface area contributed by atoms with Gasteiger partial charge < -0.3 is 5.32 Å². The molecule has 0 spiro atoms. The van der Waals surface area contributed by atoms with Crippen molar-refractivity contribution in [2.45, 2.75) is 10.9 Å². The van der Waals surface area contributed by atoms with Crippen LogP contribution in [-0.4, -0.2) is 38.4 Å². The molecule has 0 radical (unpaired) electrons. The van der Waals surface area contributed by atoms with E-state index in [1.54, 1.807) is 18.2 Å². The van der Waals surface area contributed by atoms with Gasteiger partial charge >= 0.3 is 0 Å². The number of benzene rings is 2. The molecule has 108 valence electrons. The summed E-state index contributed by atoms with van der Waals surface area (Å²) in [4.78, 5) is 0.266. The Balaban J connectivity index is 2.14. The van der Waals surface area contributed by atoms with Crippen LogP contribution in [0.2, 0.25) is 0 Å². The highest BCUT2D eigenvalue weighted by Crippen LogP contribution is 2.27. The zero-order chi connectivity index (χ0) is 14.9. The molecule has 1 saturated heterocycles. The fourth-order valence-electron chi connectivity index (χ4n) is 2.63. The molecule has 0 aliphatic carbocycles. The van der Waals surface area contributed by atoms with Gasteiger partial charge in [0.15, 0.2) is 0 Å². The average Bonchev–Trinajstić information content (AvgIpc) is 2.54. The van der Waals surface area contributed by atoms with Crippen molar-refractivity contribution >= 4 is 20.8 Å². The van der Waals surface area contributed by atoms with Crippen LogP contribution in [0.25, 0.3) is 10.8 Å². The zero-order valence-corrected chi connectivity index (χ0v) is 12.2. The molecule has 1 fully saturated rings. The second-order valence-corrected chi connectivity index (χ2v) is 6.80. The molecular formula is C15H15N3O2S. The van der Waals surface area contributed by atoms with E-state index in [1.165, 1.54) is 4.31 Å². The first-order valence-corrected chi connectivity index (χ1v) is 8.18. The largest absolute Gasteiger partial charge is 0.313 e. The molecule has 1 unspecified atom stereocenters. The third-order valence-corrected chi connectivity index (χ3v) is 5.65. The third-order valence-electron chi connectivity index (χ3n) is 3.68. The molecule has 0 amide bonds. The number of hydrogen-bond acceptors (Lipinski definition) is 4. The summed E-state index contributed by atoms with van der Waals surface area (Å²) in [7, 11) is -3.68. The molecule has 6 heteroatoms. The molecule has 2 aromatic carbocycles. The summed E-state index contributed by atoms with van der Waals surface area (Å²) < 4.78 is 27.1. The van der Waals surface area contributed by atoms with Crippen LogP contribution in [0, 0.1) is 11.3 Å². The standard InChI is InChI=1S/C15H15N3O2S/c16-10-13-11-17-8-9-18(13)21(19,20)15-7-3-5-12-4-1-2-6-14(12)15/h1-7,13,17H,8-9,11H2. The molecule has 1 atom stereocenters. The Morgan fingerprint density at radius 2 is 1.95 bits per heavy atom. The summed E-state index contributed by atoms with van der Waals surface area (Å²) in [5.41, 5.74) is 0. The predicted molar refractivity (Wildman–Crippen MR) is 80.1 cm³/mol. The zero-order valence-electron chi connectivity index (χ0n) is 11.4. The predicted octanol–water partition coefficient (Wildman–Crippen LogP) is 1.33. The number of nitriles is 1. The van der Waals surface area contributed by atoms with E-state index in [0.717, 1.165) is 5.39 Å². The molecular weight excluding hydrogens is 286 g/mol. The second-order valence-electron chi connectivity index (χ2n) is 4.94. The van der Waals surface area contributed by atoms with Crippen LogP contribution < -0.4 is 5.32 Å². The van der Waals surface area contributed by atoms with Crippen LogP contribution >= 0.6 is 0 Å². The number of hydrogen-bond donors (Lipinski definition) is 1. The Kier molecular flexibility index (Phi) is 3.64. The number of piperazine rings is 1. The van der Waals surface area contributed by atoms with E-state index in [0.29, 0.717) is 25.0 Å². The van der Waals surface area contributed by atoms with E-state index in [1.807, 2.05) is 24.3 Å². The fourth-order valence-corrected chi connectivity index (χ4v) is 4.39. The van der Waals surface area contributed by atoms with Gasteiger partial charge in [0.1, 0.15) is 6.04 Å². The number of fused-ring (bicyclic) bond motifs is 1. The van der Waals surface area contributed by atoms with Crippen molar-refractivity contribution in [3.63, 3.8) is 0 Å². The Labute approximate surface area is 123 Å². The summed E-state index contributed by atoms with van der Waals surface area (Å²) in [6, 6.07) is 14.0. The average molecular weight is 301 g/mol. The van der Waals surface area contributed by atoms with Gasteiger partial charge in [-0.2, -0.15) is 9.57 Å². The lowest BCUT2D eigenvalue weighted by Gasteiger charge is -2.31. The number of sulfonamides is 1. The van der Waals surface area contributed by atoms with Crippen LogP contribution in [-0.2, 0) is 10.0 Å². The molecule has 1 aliphatic heterocycles. The van der Waals surface area contributed by atoms with Crippen molar-refractivity contribution in [2.24, 2.45) is 0 Å². The molecule has 21 heavy (non-hydrogen) atoms. The van der Waals surface area contributed by atoms with Crippen LogP contribution in [0.15, 0.2) is 47.4 Å². The lowest BCUT2D eigenvalue weighted by Crippen LogP contribution is -2.52. The molecule has 1 N–H and O–H groups in total. The number of rotatable bonds is 2. The summed E-state index contributed by atoms with van der Waals surface area (Å²) in [6.07, 6.45) is 0. The Bertz CT molecular complexity index is 806. The molecule has 2 aromatic rings. The summed E-state index contributed by atoms with van der Waals surface area (Å²) in [5, 5.41) is 13.8. The molecule has 5 nitrogen and oxygen atoms in total. The Morgan fingerprint density at radius 1 is 1.19 bits per heavy atom. The van der Waals surface area contributed by atoms with E-state index in [-0.39, 0.29) is 4.90 Å². The van der Waals surface area contributed by atoms with Crippen molar-refractivity contribution < 1.29 is 8.42 Å². The van der Waals surface area contributed by atoms with Gasteiger partial charge in [0, 0.05) is 25.0 Å². The quantitative estimate of drug-likeness (QED) is 0.908. The van der Waals surface area contributed by atoms with Gasteiger partial charge in [-0.25, -0.2) is 8.42 Å². The molecule has 1 heterocycles. The summed E-state index contributed by atoms with van der Waals surface area (Å²) >= 11 is 0. The molecule has 3 rings (SSSR count). The van der Waals surface area contributed by atoms with Gasteiger partial charge in [-0.05, 0) is 11.5 Å². The van der Waals surface area contributed by atoms with E-state index in [2.05, 4.69) is 11.4 Å². The van der Waals surface area contributed by atoms with Crippen LogP contribution in [0.5, 0.6) is 0 Å². The van der Waals surface area contributed by atoms with Crippen molar-refractivity contribution in [1.82, 2.24) is 9.62 Å². The van der Waals surface area contributed by atoms with Gasteiger partial charge in [0.2, 0.25) is 10.0 Å². The first kappa shape index (κ1) is 14.0. The van der Waals surface area contributed by atoms with E-state index >= 15 is 0 Å². The topological polar surface area (TPSA) is 73.2 Å². The highest BCUT2D eigenvalue weighted by Gasteiger charge is 2.34. The highest BCUT2D eigenvalue weighted by atomic mass is 32.2. The molecule has 0 aromatic heterocycles. The summed E-state index contributed by atoms with van der Waals surface area (Å²) in [5.74, 6) is 0. The van der Waals surface area contributed by atoms with Gasteiger partial charge in [0.05, 0.1) is 11.0 Å². The maximum atomic E-state index is 12.9. The minimum Gasteiger partial charge on any atom is -0.313 e. The lowest BCUT2D eigenvalue weighted by atomic mass is 10.1. The highest BCUT2D eigenvalue weighted by molar-refractivity contribution is 7.89. The van der Waals surface area contributed by atoms with Crippen molar-refractivity contribution in [2.75, 3.05) is 19.6 Å². The van der Waals surface area contributed by atoms with Crippen molar-refractivity contribution in [3.8, 4) is 6.07 Å². The van der Waals surface area contributed by atoms with Gasteiger partial charge in [-0.1, -0.05) is 36.4 Å². The van der Waals surface area contributed by atoms with E-state index < -0.39 is 16.1 Å². The van der Waals surface area contributed by atoms with Crippen molar-refractivity contribution in [1.29, 1.82) is 5.26 Å². The van der Waals surface area contributed by atoms with Crippen LogP contribution in [0.1, 0.15) is 0 Å². The second kappa shape index (κ2) is 5.45. The smallest absolute Gasteiger partial charge is 0.244 e. The normalized spacial score (nSPS) is 20.2. The SMILES string of the molecule is N#CC1CNCCN1S(=O)(=O)c1cccc2ccccc12. The first-order valence-electron chi connectivity index (χ1n) is 6.74. The Hall–Kier alpha value is -1.94. The summed E-state index contributed by atoms with van der Waals surface area (Å²) in [6.45, 7) is 1.23. The molecule has 0 bridgehead atoms. The number of nitrogens with one attached hydrogen (secondary N) is 1. The number of nitrogens with zero attached hydrogens (tertiary/aromatic N) is 2. The minimum atomic E-state index is -3.68. The third kappa shape index (κ3) is 2.40. The first-order chi connectivity index (χ1) is 10.1. The van der Waals surface area contributed by atoms with Crippen molar-refractivity contribution in [3.05, 3.63) is 42.5 Å².